The van der Waals surface area contributed by atoms with E-state index in [1.54, 1.807) is 24.5 Å². The van der Waals surface area contributed by atoms with Crippen molar-refractivity contribution in [3.8, 4) is 0 Å². The highest BCUT2D eigenvalue weighted by Gasteiger charge is 2.07. The largest absolute Gasteiger partial charge is 0.392 e. The molecule has 88 valence electrons. The zero-order valence-electron chi connectivity index (χ0n) is 9.38. The molecule has 1 atom stereocenters. The third-order valence-electron chi connectivity index (χ3n) is 2.58. The highest BCUT2D eigenvalue weighted by Crippen LogP contribution is 2.09. The number of aliphatic hydroxyl groups is 1. The molecule has 0 spiro atoms. The quantitative estimate of drug-likeness (QED) is 0.876. The Morgan fingerprint density at radius 1 is 1.06 bits per heavy atom. The number of rotatable bonds is 4. The molecule has 0 aliphatic heterocycles. The van der Waals surface area contributed by atoms with Crippen LogP contribution in [0.5, 0.6) is 0 Å². The molecule has 0 aliphatic rings. The molecule has 1 aromatic carbocycles. The van der Waals surface area contributed by atoms with Crippen LogP contribution < -0.4 is 0 Å². The number of halogens is 1. The smallest absolute Gasteiger partial charge is 0.123 e. The minimum atomic E-state index is -0.468. The fourth-order valence-electron chi connectivity index (χ4n) is 1.76. The SMILES string of the molecule is OC(Cc1ccc(F)cc1)Cc1cccnc1. The maximum Gasteiger partial charge on any atom is 0.123 e. The molecule has 0 aliphatic carbocycles. The summed E-state index contributed by atoms with van der Waals surface area (Å²) in [6, 6.07) is 9.99. The number of hydrogen-bond acceptors (Lipinski definition) is 2. The Morgan fingerprint density at radius 2 is 1.76 bits per heavy atom. The molecule has 1 N–H and O–H groups in total. The standard InChI is InChI=1S/C14H14FNO/c15-13-5-3-11(4-6-13)8-14(17)9-12-2-1-7-16-10-12/h1-7,10,14,17H,8-9H2. The van der Waals surface area contributed by atoms with Gasteiger partial charge in [-0.1, -0.05) is 18.2 Å². The Hall–Kier alpha value is -1.74. The Kier molecular flexibility index (Phi) is 3.83. The summed E-state index contributed by atoms with van der Waals surface area (Å²) in [5, 5.41) is 9.90. The Bertz CT molecular complexity index is 455. The van der Waals surface area contributed by atoms with Crippen molar-refractivity contribution >= 4 is 0 Å². The second-order valence-corrected chi connectivity index (χ2v) is 4.05. The molecule has 1 aromatic heterocycles. The molecular weight excluding hydrogens is 217 g/mol. The van der Waals surface area contributed by atoms with E-state index < -0.39 is 6.10 Å². The van der Waals surface area contributed by atoms with Crippen molar-refractivity contribution in [2.24, 2.45) is 0 Å². The third-order valence-corrected chi connectivity index (χ3v) is 2.58. The molecule has 1 heterocycles. The van der Waals surface area contributed by atoms with Crippen LogP contribution in [0.25, 0.3) is 0 Å². The summed E-state index contributed by atoms with van der Waals surface area (Å²) in [6.45, 7) is 0. The molecule has 0 radical (unpaired) electrons. The second kappa shape index (κ2) is 5.55. The molecule has 0 bridgehead atoms. The maximum atomic E-state index is 12.7. The van der Waals surface area contributed by atoms with Gasteiger partial charge < -0.3 is 5.11 Å². The van der Waals surface area contributed by atoms with Gasteiger partial charge in [0.1, 0.15) is 5.82 Å². The van der Waals surface area contributed by atoms with Crippen molar-refractivity contribution in [3.05, 3.63) is 65.7 Å². The van der Waals surface area contributed by atoms with Crippen LogP contribution in [-0.2, 0) is 12.8 Å². The van der Waals surface area contributed by atoms with Crippen molar-refractivity contribution in [1.29, 1.82) is 0 Å². The fourth-order valence-corrected chi connectivity index (χ4v) is 1.76. The van der Waals surface area contributed by atoms with Gasteiger partial charge in [-0.2, -0.15) is 0 Å². The summed E-state index contributed by atoms with van der Waals surface area (Å²) < 4.78 is 12.7. The lowest BCUT2D eigenvalue weighted by Gasteiger charge is -2.10. The highest BCUT2D eigenvalue weighted by atomic mass is 19.1. The zero-order chi connectivity index (χ0) is 12.1. The monoisotopic (exact) mass is 231 g/mol. The molecule has 2 aromatic rings. The lowest BCUT2D eigenvalue weighted by Crippen LogP contribution is -2.14. The number of nitrogens with zero attached hydrogens (tertiary/aromatic N) is 1. The molecular formula is C14H14FNO. The average Bonchev–Trinajstić information content (AvgIpc) is 2.33. The number of pyridine rings is 1. The van der Waals surface area contributed by atoms with E-state index in [9.17, 15) is 9.50 Å². The molecule has 0 amide bonds. The van der Waals surface area contributed by atoms with Gasteiger partial charge in [-0.3, -0.25) is 4.98 Å². The molecule has 2 nitrogen and oxygen atoms in total. The number of aliphatic hydroxyl groups excluding tert-OH is 1. The van der Waals surface area contributed by atoms with Crippen molar-refractivity contribution in [2.45, 2.75) is 18.9 Å². The first-order chi connectivity index (χ1) is 8.24. The molecule has 0 saturated carbocycles. The second-order valence-electron chi connectivity index (χ2n) is 4.05. The van der Waals surface area contributed by atoms with Gasteiger partial charge in [0.15, 0.2) is 0 Å². The maximum absolute atomic E-state index is 12.7. The van der Waals surface area contributed by atoms with Crippen molar-refractivity contribution < 1.29 is 9.50 Å². The van der Waals surface area contributed by atoms with Gasteiger partial charge in [0.05, 0.1) is 6.10 Å². The minimum absolute atomic E-state index is 0.254. The topological polar surface area (TPSA) is 33.1 Å². The van der Waals surface area contributed by atoms with E-state index in [2.05, 4.69) is 4.98 Å². The van der Waals surface area contributed by atoms with E-state index in [1.165, 1.54) is 12.1 Å². The van der Waals surface area contributed by atoms with Crippen LogP contribution in [0.4, 0.5) is 4.39 Å². The molecule has 2 rings (SSSR count). The number of hydrogen-bond donors (Lipinski definition) is 1. The van der Waals surface area contributed by atoms with E-state index in [4.69, 9.17) is 0 Å². The average molecular weight is 231 g/mol. The van der Waals surface area contributed by atoms with Gasteiger partial charge in [0.2, 0.25) is 0 Å². The van der Waals surface area contributed by atoms with Crippen molar-refractivity contribution in [3.63, 3.8) is 0 Å². The fraction of sp³-hybridized carbons (Fsp3) is 0.214. The number of benzene rings is 1. The van der Waals surface area contributed by atoms with Crippen molar-refractivity contribution in [1.82, 2.24) is 4.98 Å². The lowest BCUT2D eigenvalue weighted by molar-refractivity contribution is 0.175. The first kappa shape index (κ1) is 11.7. The normalized spacial score (nSPS) is 12.4. The van der Waals surface area contributed by atoms with E-state index >= 15 is 0 Å². The predicted molar refractivity (Wildman–Crippen MR) is 64.1 cm³/mol. The third kappa shape index (κ3) is 3.64. The zero-order valence-corrected chi connectivity index (χ0v) is 9.38. The highest BCUT2D eigenvalue weighted by molar-refractivity contribution is 5.18. The summed E-state index contributed by atoms with van der Waals surface area (Å²) in [7, 11) is 0. The Balaban J connectivity index is 1.93. The lowest BCUT2D eigenvalue weighted by atomic mass is 10.0. The van der Waals surface area contributed by atoms with Gasteiger partial charge in [-0.15, -0.1) is 0 Å². The van der Waals surface area contributed by atoms with Gasteiger partial charge in [0.25, 0.3) is 0 Å². The van der Waals surface area contributed by atoms with Crippen LogP contribution >= 0.6 is 0 Å². The van der Waals surface area contributed by atoms with Gasteiger partial charge in [-0.25, -0.2) is 4.39 Å². The molecule has 1 unspecified atom stereocenters. The molecule has 0 saturated heterocycles. The summed E-state index contributed by atoms with van der Waals surface area (Å²) in [6.07, 6.45) is 4.06. The van der Waals surface area contributed by atoms with Crippen LogP contribution in [0, 0.1) is 5.82 Å². The van der Waals surface area contributed by atoms with E-state index in [0.29, 0.717) is 12.8 Å². The minimum Gasteiger partial charge on any atom is -0.392 e. The molecule has 0 fully saturated rings. The van der Waals surface area contributed by atoms with Gasteiger partial charge >= 0.3 is 0 Å². The van der Waals surface area contributed by atoms with Crippen LogP contribution in [0.2, 0.25) is 0 Å². The van der Waals surface area contributed by atoms with E-state index in [1.807, 2.05) is 12.1 Å². The summed E-state index contributed by atoms with van der Waals surface area (Å²) >= 11 is 0. The van der Waals surface area contributed by atoms with Crippen molar-refractivity contribution in [2.75, 3.05) is 0 Å². The van der Waals surface area contributed by atoms with Crippen LogP contribution in [-0.4, -0.2) is 16.2 Å². The van der Waals surface area contributed by atoms with Gasteiger partial charge in [0, 0.05) is 18.8 Å². The summed E-state index contributed by atoms with van der Waals surface area (Å²) in [5.41, 5.74) is 1.94. The molecule has 3 heteroatoms. The van der Waals surface area contributed by atoms with Crippen LogP contribution in [0.1, 0.15) is 11.1 Å². The van der Waals surface area contributed by atoms with E-state index in [-0.39, 0.29) is 5.82 Å². The first-order valence-corrected chi connectivity index (χ1v) is 5.55. The first-order valence-electron chi connectivity index (χ1n) is 5.55. The van der Waals surface area contributed by atoms with Crippen LogP contribution in [0.3, 0.4) is 0 Å². The number of aromatic nitrogens is 1. The van der Waals surface area contributed by atoms with Crippen LogP contribution in [0.15, 0.2) is 48.8 Å². The van der Waals surface area contributed by atoms with E-state index in [0.717, 1.165) is 11.1 Å². The summed E-state index contributed by atoms with van der Waals surface area (Å²) in [5.74, 6) is -0.254. The summed E-state index contributed by atoms with van der Waals surface area (Å²) in [4.78, 5) is 4.00. The Labute approximate surface area is 99.8 Å². The Morgan fingerprint density at radius 3 is 2.41 bits per heavy atom. The predicted octanol–water partition coefficient (Wildman–Crippen LogP) is 2.37. The molecule has 17 heavy (non-hydrogen) atoms. The van der Waals surface area contributed by atoms with Gasteiger partial charge in [-0.05, 0) is 35.7 Å².